The Hall–Kier alpha value is -0.700. The minimum Gasteiger partial charge on any atom is -0.385 e. The van der Waals surface area contributed by atoms with Crippen molar-refractivity contribution in [3.8, 4) is 0 Å². The lowest BCUT2D eigenvalue weighted by Gasteiger charge is -2.08. The maximum absolute atomic E-state index is 12.8. The summed E-state index contributed by atoms with van der Waals surface area (Å²) >= 11 is 1.95. The van der Waals surface area contributed by atoms with Gasteiger partial charge in [0.25, 0.3) is 0 Å². The van der Waals surface area contributed by atoms with E-state index in [4.69, 9.17) is 0 Å². The molecule has 0 radical (unpaired) electrons. The topological polar surface area (TPSA) is 12.0 Å². The molecule has 0 bridgehead atoms. The monoisotopic (exact) mass is 227 g/mol. The maximum atomic E-state index is 12.8. The van der Waals surface area contributed by atoms with Gasteiger partial charge >= 0.3 is 0 Å². The van der Waals surface area contributed by atoms with Crippen molar-refractivity contribution >= 4 is 17.4 Å². The van der Waals surface area contributed by atoms with Gasteiger partial charge in [0.15, 0.2) is 0 Å². The molecule has 0 aliphatic heterocycles. The van der Waals surface area contributed by atoms with Crippen LogP contribution >= 0.6 is 11.8 Å². The first-order chi connectivity index (χ1) is 7.24. The van der Waals surface area contributed by atoms with Gasteiger partial charge in [0.05, 0.1) is 0 Å². The molecule has 84 valence electrons. The molecule has 0 unspecified atom stereocenters. The van der Waals surface area contributed by atoms with Gasteiger partial charge in [-0.15, -0.1) is 0 Å². The molecule has 1 nitrogen and oxygen atoms in total. The van der Waals surface area contributed by atoms with Gasteiger partial charge in [-0.2, -0.15) is 11.8 Å². The van der Waals surface area contributed by atoms with E-state index >= 15 is 0 Å². The van der Waals surface area contributed by atoms with Gasteiger partial charge in [0.1, 0.15) is 5.82 Å². The minimum absolute atomic E-state index is 0.167. The number of rotatable bonds is 6. The molecule has 0 fully saturated rings. The highest BCUT2D eigenvalue weighted by atomic mass is 32.2. The van der Waals surface area contributed by atoms with Gasteiger partial charge in [0.2, 0.25) is 0 Å². The molecule has 1 aromatic rings. The lowest BCUT2D eigenvalue weighted by molar-refractivity contribution is 0.627. The van der Waals surface area contributed by atoms with E-state index in [-0.39, 0.29) is 5.82 Å². The predicted molar refractivity (Wildman–Crippen MR) is 67.2 cm³/mol. The quantitative estimate of drug-likeness (QED) is 0.744. The van der Waals surface area contributed by atoms with Crippen molar-refractivity contribution in [2.45, 2.75) is 20.3 Å². The van der Waals surface area contributed by atoms with Crippen molar-refractivity contribution in [2.75, 3.05) is 23.4 Å². The molecule has 15 heavy (non-hydrogen) atoms. The summed E-state index contributed by atoms with van der Waals surface area (Å²) in [7, 11) is 0. The number of thioether (sulfide) groups is 1. The second-order valence-electron chi connectivity index (χ2n) is 3.44. The van der Waals surface area contributed by atoms with Crippen molar-refractivity contribution in [1.82, 2.24) is 0 Å². The van der Waals surface area contributed by atoms with Crippen molar-refractivity contribution in [2.24, 2.45) is 0 Å². The molecule has 0 amide bonds. The van der Waals surface area contributed by atoms with E-state index in [2.05, 4.69) is 12.2 Å². The van der Waals surface area contributed by atoms with E-state index in [0.29, 0.717) is 0 Å². The third kappa shape index (κ3) is 4.56. The molecule has 1 rings (SSSR count). The first-order valence-corrected chi connectivity index (χ1v) is 6.47. The summed E-state index contributed by atoms with van der Waals surface area (Å²) in [5, 5.41) is 3.32. The standard InChI is InChI=1S/C12H18FNS/c1-3-15-8-4-7-14-12-6-5-11(13)9-10(12)2/h5-6,9,14H,3-4,7-8H2,1-2H3. The van der Waals surface area contributed by atoms with Crippen LogP contribution in [0, 0.1) is 12.7 Å². The van der Waals surface area contributed by atoms with E-state index in [9.17, 15) is 4.39 Å². The van der Waals surface area contributed by atoms with Gasteiger partial charge in [-0.25, -0.2) is 4.39 Å². The smallest absolute Gasteiger partial charge is 0.123 e. The number of hydrogen-bond acceptors (Lipinski definition) is 2. The number of anilines is 1. The van der Waals surface area contributed by atoms with Gasteiger partial charge in [-0.1, -0.05) is 6.92 Å². The highest BCUT2D eigenvalue weighted by molar-refractivity contribution is 7.99. The molecular weight excluding hydrogens is 209 g/mol. The molecule has 0 saturated heterocycles. The van der Waals surface area contributed by atoms with E-state index < -0.39 is 0 Å². The van der Waals surface area contributed by atoms with Gasteiger partial charge in [-0.05, 0) is 48.6 Å². The summed E-state index contributed by atoms with van der Waals surface area (Å²) in [6, 6.07) is 4.86. The van der Waals surface area contributed by atoms with Crippen LogP contribution in [0.25, 0.3) is 0 Å². The van der Waals surface area contributed by atoms with E-state index in [1.807, 2.05) is 18.7 Å². The summed E-state index contributed by atoms with van der Waals surface area (Å²) in [5.41, 5.74) is 2.01. The van der Waals surface area contributed by atoms with Crippen LogP contribution in [-0.4, -0.2) is 18.1 Å². The van der Waals surface area contributed by atoms with Crippen molar-refractivity contribution in [3.63, 3.8) is 0 Å². The zero-order chi connectivity index (χ0) is 11.1. The molecular formula is C12H18FNS. The molecule has 0 aliphatic rings. The second kappa shape index (κ2) is 6.72. The van der Waals surface area contributed by atoms with Gasteiger partial charge in [-0.3, -0.25) is 0 Å². The normalized spacial score (nSPS) is 10.3. The van der Waals surface area contributed by atoms with Crippen molar-refractivity contribution < 1.29 is 4.39 Å². The second-order valence-corrected chi connectivity index (χ2v) is 4.83. The SMILES string of the molecule is CCSCCCNc1ccc(F)cc1C. The number of halogens is 1. The van der Waals surface area contributed by atoms with Crippen LogP contribution in [0.4, 0.5) is 10.1 Å². The number of nitrogens with one attached hydrogen (secondary N) is 1. The Bertz CT molecular complexity index is 302. The summed E-state index contributed by atoms with van der Waals surface area (Å²) in [6.45, 7) is 5.05. The van der Waals surface area contributed by atoms with Crippen molar-refractivity contribution in [3.05, 3.63) is 29.6 Å². The molecule has 1 aromatic carbocycles. The third-order valence-electron chi connectivity index (χ3n) is 2.17. The van der Waals surface area contributed by atoms with Crippen LogP contribution in [-0.2, 0) is 0 Å². The van der Waals surface area contributed by atoms with Crippen LogP contribution < -0.4 is 5.32 Å². The highest BCUT2D eigenvalue weighted by Crippen LogP contribution is 2.15. The Morgan fingerprint density at radius 2 is 2.20 bits per heavy atom. The number of benzene rings is 1. The highest BCUT2D eigenvalue weighted by Gasteiger charge is 1.98. The Labute approximate surface area is 95.5 Å². The Kier molecular flexibility index (Phi) is 5.54. The molecule has 1 N–H and O–H groups in total. The summed E-state index contributed by atoms with van der Waals surface area (Å²) in [4.78, 5) is 0. The van der Waals surface area contributed by atoms with Crippen LogP contribution in [0.15, 0.2) is 18.2 Å². The fraction of sp³-hybridized carbons (Fsp3) is 0.500. The largest absolute Gasteiger partial charge is 0.385 e. The molecule has 0 saturated carbocycles. The van der Waals surface area contributed by atoms with Crippen LogP contribution in [0.3, 0.4) is 0 Å². The average molecular weight is 227 g/mol. The summed E-state index contributed by atoms with van der Waals surface area (Å²) < 4.78 is 12.8. The summed E-state index contributed by atoms with van der Waals surface area (Å²) in [6.07, 6.45) is 1.15. The van der Waals surface area contributed by atoms with E-state index in [0.717, 1.165) is 24.2 Å². The fourth-order valence-corrected chi connectivity index (χ4v) is 2.00. The maximum Gasteiger partial charge on any atom is 0.123 e. The zero-order valence-corrected chi connectivity index (χ0v) is 10.2. The lowest BCUT2D eigenvalue weighted by Crippen LogP contribution is -2.04. The Balaban J connectivity index is 2.31. The van der Waals surface area contributed by atoms with Gasteiger partial charge < -0.3 is 5.32 Å². The van der Waals surface area contributed by atoms with Crippen LogP contribution in [0.1, 0.15) is 18.9 Å². The molecule has 0 aromatic heterocycles. The first-order valence-electron chi connectivity index (χ1n) is 5.32. The molecule has 0 atom stereocenters. The predicted octanol–water partition coefficient (Wildman–Crippen LogP) is 3.69. The average Bonchev–Trinajstić information content (AvgIpc) is 2.20. The molecule has 0 spiro atoms. The molecule has 0 aliphatic carbocycles. The number of aryl methyl sites for hydroxylation is 1. The number of hydrogen-bond donors (Lipinski definition) is 1. The van der Waals surface area contributed by atoms with Gasteiger partial charge in [0, 0.05) is 12.2 Å². The summed E-state index contributed by atoms with van der Waals surface area (Å²) in [5.74, 6) is 2.19. The third-order valence-corrected chi connectivity index (χ3v) is 3.16. The van der Waals surface area contributed by atoms with Crippen molar-refractivity contribution in [1.29, 1.82) is 0 Å². The lowest BCUT2D eigenvalue weighted by atomic mass is 10.2. The first kappa shape index (κ1) is 12.4. The zero-order valence-electron chi connectivity index (χ0n) is 9.35. The van der Waals surface area contributed by atoms with Crippen LogP contribution in [0.5, 0.6) is 0 Å². The minimum atomic E-state index is -0.167. The van der Waals surface area contributed by atoms with E-state index in [1.165, 1.54) is 17.6 Å². The fourth-order valence-electron chi connectivity index (χ4n) is 1.37. The molecule has 0 heterocycles. The Morgan fingerprint density at radius 1 is 1.40 bits per heavy atom. The van der Waals surface area contributed by atoms with E-state index in [1.54, 1.807) is 12.1 Å². The Morgan fingerprint density at radius 3 is 2.87 bits per heavy atom. The molecule has 3 heteroatoms. The van der Waals surface area contributed by atoms with Crippen LogP contribution in [0.2, 0.25) is 0 Å².